The molecule has 9 heteroatoms. The van der Waals surface area contributed by atoms with Gasteiger partial charge in [-0.05, 0) is 46.6 Å². The number of nitrogens with one attached hydrogen (secondary N) is 2. The molecule has 1 aromatic carbocycles. The van der Waals surface area contributed by atoms with E-state index in [0.717, 1.165) is 6.08 Å². The van der Waals surface area contributed by atoms with Crippen LogP contribution in [0.5, 0.6) is 11.5 Å². The van der Waals surface area contributed by atoms with Gasteiger partial charge in [-0.2, -0.15) is 0 Å². The van der Waals surface area contributed by atoms with Gasteiger partial charge >= 0.3 is 12.0 Å². The molecule has 0 aliphatic rings. The number of hydrogen-bond donors (Lipinski definition) is 3. The summed E-state index contributed by atoms with van der Waals surface area (Å²) in [6.45, 7) is 1.49. The largest absolute Gasteiger partial charge is 0.503 e. The topological polar surface area (TPSA) is 114 Å². The molecule has 3 amide bonds. The summed E-state index contributed by atoms with van der Waals surface area (Å²) in [4.78, 5) is 34.0. The van der Waals surface area contributed by atoms with Gasteiger partial charge in [-0.15, -0.1) is 0 Å². The van der Waals surface area contributed by atoms with Gasteiger partial charge in [0, 0.05) is 12.6 Å². The van der Waals surface area contributed by atoms with Gasteiger partial charge < -0.3 is 19.9 Å². The normalized spacial score (nSPS) is 10.3. The van der Waals surface area contributed by atoms with E-state index in [1.165, 1.54) is 19.3 Å². The lowest BCUT2D eigenvalue weighted by molar-refractivity contribution is -0.143. The number of phenols is 1. The molecule has 0 radical (unpaired) electrons. The van der Waals surface area contributed by atoms with Crippen LogP contribution in [0.15, 0.2) is 22.7 Å². The molecule has 0 heterocycles. The lowest BCUT2D eigenvalue weighted by atomic mass is 10.2. The van der Waals surface area contributed by atoms with Gasteiger partial charge in [-0.1, -0.05) is 0 Å². The molecule has 1 aromatic rings. The van der Waals surface area contributed by atoms with Crippen LogP contribution >= 0.6 is 15.9 Å². The summed E-state index contributed by atoms with van der Waals surface area (Å²) in [5.74, 6) is -1.32. The van der Waals surface area contributed by atoms with E-state index in [1.54, 1.807) is 13.0 Å². The average molecular weight is 401 g/mol. The third kappa shape index (κ3) is 6.29. The number of amides is 3. The van der Waals surface area contributed by atoms with Crippen LogP contribution in [0.2, 0.25) is 0 Å². The Morgan fingerprint density at radius 3 is 2.67 bits per heavy atom. The molecule has 0 spiro atoms. The van der Waals surface area contributed by atoms with Crippen molar-refractivity contribution in [2.24, 2.45) is 0 Å². The van der Waals surface area contributed by atoms with Crippen LogP contribution in [-0.4, -0.2) is 43.3 Å². The first-order chi connectivity index (χ1) is 11.4. The molecule has 0 fully saturated rings. The molecule has 8 nitrogen and oxygen atoms in total. The first kappa shape index (κ1) is 19.5. The molecule has 0 saturated heterocycles. The minimum Gasteiger partial charge on any atom is -0.503 e. The molecule has 0 saturated carbocycles. The number of carbonyl (C=O) groups excluding carboxylic acids is 3. The van der Waals surface area contributed by atoms with Crippen LogP contribution in [0.4, 0.5) is 4.79 Å². The summed E-state index contributed by atoms with van der Waals surface area (Å²) in [5.41, 5.74) is 0.570. The number of methoxy groups -OCH3 is 1. The van der Waals surface area contributed by atoms with Crippen molar-refractivity contribution in [1.29, 1.82) is 0 Å². The standard InChI is InChI=1S/C15H17BrN2O6/c1-3-17-15(22)18-12(19)8-24-13(20)5-4-9-6-10(16)14(21)11(7-9)23-2/h4-7,21H,3,8H2,1-2H3,(H2,17,18,19,22)/b5-4+. The number of aromatic hydroxyl groups is 1. The highest BCUT2D eigenvalue weighted by Gasteiger charge is 2.10. The highest BCUT2D eigenvalue weighted by atomic mass is 79.9. The van der Waals surface area contributed by atoms with Crippen molar-refractivity contribution in [2.45, 2.75) is 6.92 Å². The van der Waals surface area contributed by atoms with Crippen molar-refractivity contribution in [2.75, 3.05) is 20.3 Å². The van der Waals surface area contributed by atoms with E-state index in [2.05, 4.69) is 21.2 Å². The number of hydrogen-bond acceptors (Lipinski definition) is 6. The Balaban J connectivity index is 2.56. The number of halogens is 1. The Bertz CT molecular complexity index is 660. The third-order valence-electron chi connectivity index (χ3n) is 2.62. The lowest BCUT2D eigenvalue weighted by Crippen LogP contribution is -2.41. The summed E-state index contributed by atoms with van der Waals surface area (Å²) >= 11 is 3.16. The number of benzene rings is 1. The first-order valence-corrected chi connectivity index (χ1v) is 7.65. The molecule has 1 rings (SSSR count). The van der Waals surface area contributed by atoms with Gasteiger partial charge in [0.15, 0.2) is 18.1 Å². The number of ether oxygens (including phenoxy) is 2. The number of urea groups is 1. The number of imide groups is 1. The maximum atomic E-state index is 11.6. The highest BCUT2D eigenvalue weighted by Crippen LogP contribution is 2.35. The van der Waals surface area contributed by atoms with E-state index >= 15 is 0 Å². The number of esters is 1. The van der Waals surface area contributed by atoms with Crippen molar-refractivity contribution in [3.05, 3.63) is 28.2 Å². The zero-order valence-corrected chi connectivity index (χ0v) is 14.7. The second-order valence-corrected chi connectivity index (χ2v) is 5.26. The molecular weight excluding hydrogens is 384 g/mol. The van der Waals surface area contributed by atoms with Crippen molar-refractivity contribution in [3.63, 3.8) is 0 Å². The molecule has 0 aromatic heterocycles. The van der Waals surface area contributed by atoms with E-state index in [4.69, 9.17) is 9.47 Å². The number of rotatable bonds is 6. The van der Waals surface area contributed by atoms with E-state index in [-0.39, 0.29) is 11.5 Å². The van der Waals surface area contributed by atoms with Crippen molar-refractivity contribution < 1.29 is 29.0 Å². The summed E-state index contributed by atoms with van der Waals surface area (Å²) < 4.78 is 10.1. The third-order valence-corrected chi connectivity index (χ3v) is 3.22. The Morgan fingerprint density at radius 2 is 2.04 bits per heavy atom. The fraction of sp³-hybridized carbons (Fsp3) is 0.267. The van der Waals surface area contributed by atoms with Crippen LogP contribution in [0, 0.1) is 0 Å². The van der Waals surface area contributed by atoms with Gasteiger partial charge in [0.05, 0.1) is 11.6 Å². The van der Waals surface area contributed by atoms with E-state index in [0.29, 0.717) is 16.6 Å². The first-order valence-electron chi connectivity index (χ1n) is 6.86. The van der Waals surface area contributed by atoms with Gasteiger partial charge in [0.1, 0.15) is 0 Å². The molecule has 0 bridgehead atoms. The zero-order valence-electron chi connectivity index (χ0n) is 13.1. The smallest absolute Gasteiger partial charge is 0.331 e. The van der Waals surface area contributed by atoms with E-state index in [9.17, 15) is 19.5 Å². The molecular formula is C15H17BrN2O6. The van der Waals surface area contributed by atoms with Crippen molar-refractivity contribution >= 4 is 39.9 Å². The van der Waals surface area contributed by atoms with Crippen LogP contribution in [0.25, 0.3) is 6.08 Å². The van der Waals surface area contributed by atoms with Gasteiger partial charge in [-0.25, -0.2) is 9.59 Å². The Morgan fingerprint density at radius 1 is 1.33 bits per heavy atom. The second-order valence-electron chi connectivity index (χ2n) is 4.40. The minimum atomic E-state index is -0.760. The Kier molecular flexibility index (Phi) is 7.76. The maximum absolute atomic E-state index is 11.6. The van der Waals surface area contributed by atoms with Crippen molar-refractivity contribution in [3.8, 4) is 11.5 Å². The van der Waals surface area contributed by atoms with Gasteiger partial charge in [0.25, 0.3) is 5.91 Å². The number of phenolic OH excluding ortho intramolecular Hbond substituents is 1. The van der Waals surface area contributed by atoms with Crippen LogP contribution < -0.4 is 15.4 Å². The lowest BCUT2D eigenvalue weighted by Gasteiger charge is -2.06. The fourth-order valence-electron chi connectivity index (χ4n) is 1.56. The highest BCUT2D eigenvalue weighted by molar-refractivity contribution is 9.10. The molecule has 130 valence electrons. The second kappa shape index (κ2) is 9.56. The minimum absolute atomic E-state index is 0.0562. The molecule has 3 N–H and O–H groups in total. The van der Waals surface area contributed by atoms with Gasteiger partial charge in [-0.3, -0.25) is 10.1 Å². The van der Waals surface area contributed by atoms with Gasteiger partial charge in [0.2, 0.25) is 0 Å². The molecule has 0 aliphatic heterocycles. The molecule has 0 atom stereocenters. The summed E-state index contributed by atoms with van der Waals surface area (Å²) in [5, 5.41) is 14.1. The van der Waals surface area contributed by atoms with Crippen LogP contribution in [-0.2, 0) is 14.3 Å². The molecule has 24 heavy (non-hydrogen) atoms. The fourth-order valence-corrected chi connectivity index (χ4v) is 2.02. The predicted octanol–water partition coefficient (Wildman–Crippen LogP) is 1.57. The molecule has 0 aliphatic carbocycles. The quantitative estimate of drug-likeness (QED) is 0.493. The average Bonchev–Trinajstić information content (AvgIpc) is 2.54. The maximum Gasteiger partial charge on any atom is 0.331 e. The van der Waals surface area contributed by atoms with Crippen molar-refractivity contribution in [1.82, 2.24) is 10.6 Å². The summed E-state index contributed by atoms with van der Waals surface area (Å²) in [7, 11) is 1.40. The van der Waals surface area contributed by atoms with E-state index < -0.39 is 24.5 Å². The summed E-state index contributed by atoms with van der Waals surface area (Å²) in [6, 6.07) is 2.44. The number of carbonyl (C=O) groups is 3. The van der Waals surface area contributed by atoms with Crippen LogP contribution in [0.3, 0.4) is 0 Å². The Hall–Kier alpha value is -2.55. The predicted molar refractivity (Wildman–Crippen MR) is 89.6 cm³/mol. The SMILES string of the molecule is CCNC(=O)NC(=O)COC(=O)/C=C/c1cc(Br)c(O)c(OC)c1. The Labute approximate surface area is 146 Å². The monoisotopic (exact) mass is 400 g/mol. The summed E-state index contributed by atoms with van der Waals surface area (Å²) in [6.07, 6.45) is 2.54. The van der Waals surface area contributed by atoms with Crippen LogP contribution in [0.1, 0.15) is 12.5 Å². The molecule has 0 unspecified atom stereocenters. The zero-order chi connectivity index (χ0) is 18.1. The van der Waals surface area contributed by atoms with E-state index in [1.807, 2.05) is 5.32 Å².